The Morgan fingerprint density at radius 3 is 2.77 bits per heavy atom. The van der Waals surface area contributed by atoms with E-state index in [1.165, 1.54) is 11.1 Å². The van der Waals surface area contributed by atoms with E-state index in [-0.39, 0.29) is 31.5 Å². The van der Waals surface area contributed by atoms with Crippen molar-refractivity contribution < 1.29 is 18.7 Å². The van der Waals surface area contributed by atoms with Gasteiger partial charge in [-0.2, -0.15) is 5.26 Å². The lowest BCUT2D eigenvalue weighted by molar-refractivity contribution is -0.133. The molecule has 2 aliphatic rings. The van der Waals surface area contributed by atoms with Crippen LogP contribution < -0.4 is 0 Å². The summed E-state index contributed by atoms with van der Waals surface area (Å²) in [7, 11) is 0. The Hall–Kier alpha value is -3.05. The quantitative estimate of drug-likeness (QED) is 0.719. The minimum Gasteiger partial charge on any atom is -0.459 e. The van der Waals surface area contributed by atoms with Crippen LogP contribution in [-0.4, -0.2) is 71.2 Å². The number of alkyl halides is 1. The highest BCUT2D eigenvalue weighted by molar-refractivity contribution is 6.03. The van der Waals surface area contributed by atoms with Gasteiger partial charge in [-0.05, 0) is 18.2 Å². The van der Waals surface area contributed by atoms with Crippen molar-refractivity contribution >= 4 is 22.6 Å². The molecule has 0 radical (unpaired) electrons. The first-order valence-electron chi connectivity index (χ1n) is 10.1. The summed E-state index contributed by atoms with van der Waals surface area (Å²) in [6.07, 6.45) is 3.20. The van der Waals surface area contributed by atoms with Crippen molar-refractivity contribution in [2.45, 2.75) is 37.6 Å². The van der Waals surface area contributed by atoms with E-state index in [0.29, 0.717) is 31.5 Å². The van der Waals surface area contributed by atoms with Gasteiger partial charge >= 0.3 is 5.97 Å². The van der Waals surface area contributed by atoms with Crippen LogP contribution >= 0.6 is 0 Å². The van der Waals surface area contributed by atoms with Gasteiger partial charge in [-0.1, -0.05) is 24.3 Å². The molecule has 0 saturated carbocycles. The number of nitriles is 1. The van der Waals surface area contributed by atoms with Gasteiger partial charge in [0.2, 0.25) is 5.91 Å². The third-order valence-corrected chi connectivity index (χ3v) is 5.77. The van der Waals surface area contributed by atoms with E-state index in [1.54, 1.807) is 6.20 Å². The van der Waals surface area contributed by atoms with Gasteiger partial charge in [0.05, 0.1) is 24.7 Å². The predicted octanol–water partition coefficient (Wildman–Crippen LogP) is 2.32. The second kappa shape index (κ2) is 8.76. The summed E-state index contributed by atoms with van der Waals surface area (Å²) in [4.78, 5) is 32.6. The van der Waals surface area contributed by atoms with E-state index in [2.05, 4.69) is 4.98 Å². The number of hydrogen-bond acceptors (Lipinski definition) is 6. The number of esters is 1. The molecule has 8 heteroatoms. The average Bonchev–Trinajstić information content (AvgIpc) is 3.15. The zero-order chi connectivity index (χ0) is 21.1. The first-order valence-corrected chi connectivity index (χ1v) is 10.1. The molecule has 2 saturated heterocycles. The Morgan fingerprint density at radius 1 is 1.23 bits per heavy atom. The summed E-state index contributed by atoms with van der Waals surface area (Å²) in [6.45, 7) is 1.34. The minimum absolute atomic E-state index is 0.00972. The molecule has 2 aliphatic heterocycles. The number of amides is 1. The fourth-order valence-corrected chi connectivity index (χ4v) is 4.14. The number of fused-ring (bicyclic) bond motifs is 1. The number of likely N-dealkylation sites (tertiary alicyclic amines) is 2. The number of nitrogens with zero attached hydrogens (tertiary/aromatic N) is 4. The number of hydrogen-bond donors (Lipinski definition) is 0. The van der Waals surface area contributed by atoms with Gasteiger partial charge in [0.1, 0.15) is 18.3 Å². The van der Waals surface area contributed by atoms with Crippen molar-refractivity contribution in [3.05, 3.63) is 42.2 Å². The molecule has 4 rings (SSSR count). The van der Waals surface area contributed by atoms with E-state index < -0.39 is 18.2 Å². The standard InChI is InChI=1S/C22H23FN4O3/c23-16-9-17(10-24)27(13-16)21(28)14-26-7-5-18(6-8-26)30-22(29)20-12-25-11-15-3-1-2-4-19(15)20/h1-4,11-12,16-18H,5-9,13-14H2/t16-,17-/m0/s1. The van der Waals surface area contributed by atoms with Gasteiger partial charge in [-0.3, -0.25) is 14.7 Å². The highest BCUT2D eigenvalue weighted by Crippen LogP contribution is 2.23. The molecule has 3 heterocycles. The van der Waals surface area contributed by atoms with Crippen LogP contribution in [0.1, 0.15) is 29.6 Å². The molecule has 2 atom stereocenters. The normalized spacial score (nSPS) is 22.7. The van der Waals surface area contributed by atoms with Crippen molar-refractivity contribution in [3.8, 4) is 6.07 Å². The Balaban J connectivity index is 1.30. The van der Waals surface area contributed by atoms with E-state index in [9.17, 15) is 14.0 Å². The number of aromatic nitrogens is 1. The Kier molecular flexibility index (Phi) is 5.91. The lowest BCUT2D eigenvalue weighted by atomic mass is 10.1. The molecule has 0 spiro atoms. The highest BCUT2D eigenvalue weighted by Gasteiger charge is 2.36. The summed E-state index contributed by atoms with van der Waals surface area (Å²) >= 11 is 0. The van der Waals surface area contributed by atoms with Crippen LogP contribution in [0.5, 0.6) is 0 Å². The first-order chi connectivity index (χ1) is 14.5. The van der Waals surface area contributed by atoms with E-state index >= 15 is 0 Å². The Bertz CT molecular complexity index is 979. The number of carbonyl (C=O) groups is 2. The van der Waals surface area contributed by atoms with Crippen LogP contribution in [0.2, 0.25) is 0 Å². The van der Waals surface area contributed by atoms with Crippen LogP contribution in [-0.2, 0) is 9.53 Å². The van der Waals surface area contributed by atoms with Crippen molar-refractivity contribution in [1.82, 2.24) is 14.8 Å². The number of pyridine rings is 1. The van der Waals surface area contributed by atoms with Crippen LogP contribution in [0.4, 0.5) is 4.39 Å². The van der Waals surface area contributed by atoms with Crippen LogP contribution in [0.3, 0.4) is 0 Å². The largest absolute Gasteiger partial charge is 0.459 e. The number of carbonyl (C=O) groups excluding carboxylic acids is 2. The van der Waals surface area contributed by atoms with Crippen molar-refractivity contribution in [1.29, 1.82) is 5.26 Å². The molecule has 1 amide bonds. The molecular formula is C22H23FN4O3. The number of halogens is 1. The molecule has 0 bridgehead atoms. The fourth-order valence-electron chi connectivity index (χ4n) is 4.14. The van der Waals surface area contributed by atoms with Crippen LogP contribution in [0.15, 0.2) is 36.7 Å². The Labute approximate surface area is 174 Å². The predicted molar refractivity (Wildman–Crippen MR) is 107 cm³/mol. The monoisotopic (exact) mass is 410 g/mol. The topological polar surface area (TPSA) is 86.5 Å². The molecule has 156 valence electrons. The van der Waals surface area contributed by atoms with Crippen LogP contribution in [0.25, 0.3) is 10.8 Å². The molecule has 7 nitrogen and oxygen atoms in total. The zero-order valence-corrected chi connectivity index (χ0v) is 16.5. The van der Waals surface area contributed by atoms with Crippen LogP contribution in [0, 0.1) is 11.3 Å². The molecule has 2 fully saturated rings. The first kappa shape index (κ1) is 20.2. The minimum atomic E-state index is -1.13. The zero-order valence-electron chi connectivity index (χ0n) is 16.5. The van der Waals surface area contributed by atoms with Crippen molar-refractivity contribution in [3.63, 3.8) is 0 Å². The van der Waals surface area contributed by atoms with Gasteiger partial charge in [-0.25, -0.2) is 9.18 Å². The lowest BCUT2D eigenvalue weighted by Crippen LogP contribution is -2.46. The summed E-state index contributed by atoms with van der Waals surface area (Å²) in [5.74, 6) is -0.615. The average molecular weight is 410 g/mol. The third kappa shape index (κ3) is 4.26. The Morgan fingerprint density at radius 2 is 2.00 bits per heavy atom. The van der Waals surface area contributed by atoms with E-state index in [4.69, 9.17) is 10.00 Å². The molecule has 30 heavy (non-hydrogen) atoms. The van der Waals surface area contributed by atoms with E-state index in [0.717, 1.165) is 10.8 Å². The number of ether oxygens (including phenoxy) is 1. The third-order valence-electron chi connectivity index (χ3n) is 5.77. The number of rotatable bonds is 4. The van der Waals surface area contributed by atoms with Gasteiger partial charge < -0.3 is 9.64 Å². The molecule has 0 unspecified atom stereocenters. The fraction of sp³-hybridized carbons (Fsp3) is 0.455. The molecule has 1 aromatic heterocycles. The molecular weight excluding hydrogens is 387 g/mol. The number of benzene rings is 1. The second-order valence-corrected chi connectivity index (χ2v) is 7.81. The molecule has 0 N–H and O–H groups in total. The maximum atomic E-state index is 13.5. The van der Waals surface area contributed by atoms with Gasteiger partial charge in [-0.15, -0.1) is 0 Å². The smallest absolute Gasteiger partial charge is 0.340 e. The molecule has 0 aliphatic carbocycles. The summed E-state index contributed by atoms with van der Waals surface area (Å²) in [5, 5.41) is 10.8. The van der Waals surface area contributed by atoms with Gasteiger partial charge in [0.15, 0.2) is 0 Å². The summed E-state index contributed by atoms with van der Waals surface area (Å²) < 4.78 is 19.2. The maximum absolute atomic E-state index is 13.5. The van der Waals surface area contributed by atoms with Crippen molar-refractivity contribution in [2.24, 2.45) is 0 Å². The van der Waals surface area contributed by atoms with E-state index in [1.807, 2.05) is 35.2 Å². The van der Waals surface area contributed by atoms with Gasteiger partial charge in [0.25, 0.3) is 0 Å². The number of piperidine rings is 1. The summed E-state index contributed by atoms with van der Waals surface area (Å²) in [5.41, 5.74) is 0.447. The second-order valence-electron chi connectivity index (χ2n) is 7.81. The van der Waals surface area contributed by atoms with Crippen molar-refractivity contribution in [2.75, 3.05) is 26.2 Å². The maximum Gasteiger partial charge on any atom is 0.340 e. The molecule has 2 aromatic rings. The lowest BCUT2D eigenvalue weighted by Gasteiger charge is -2.32. The summed E-state index contributed by atoms with van der Waals surface area (Å²) in [6, 6.07) is 8.86. The molecule has 1 aromatic carbocycles. The van der Waals surface area contributed by atoms with Gasteiger partial charge in [0, 0.05) is 37.3 Å². The highest BCUT2D eigenvalue weighted by atomic mass is 19.1. The SMILES string of the molecule is N#C[C@@H]1C[C@H](F)CN1C(=O)CN1CCC(OC(=O)c2cncc3ccccc23)CC1.